The monoisotopic (exact) mass is 325 g/mol. The summed E-state index contributed by atoms with van der Waals surface area (Å²) in [6.45, 7) is 9.81. The fraction of sp³-hybridized carbons (Fsp3) is 0.400. The molecule has 0 fully saturated rings. The van der Waals surface area contributed by atoms with Gasteiger partial charge in [0.25, 0.3) is 5.91 Å². The second-order valence-corrected chi connectivity index (χ2v) is 6.72. The summed E-state index contributed by atoms with van der Waals surface area (Å²) in [4.78, 5) is 19.1. The lowest BCUT2D eigenvalue weighted by atomic mass is 10.1. The SMILES string of the molecule is CC(C)CNc1cc(C(=O)N(Cc2ccccc2)C(C)C)ccn1. The van der Waals surface area contributed by atoms with Crippen LogP contribution < -0.4 is 5.32 Å². The zero-order chi connectivity index (χ0) is 17.5. The lowest BCUT2D eigenvalue weighted by Crippen LogP contribution is -2.36. The molecular formula is C20H27N3O. The third-order valence-corrected chi connectivity index (χ3v) is 3.78. The fourth-order valence-electron chi connectivity index (χ4n) is 2.40. The van der Waals surface area contributed by atoms with Crippen LogP contribution in [0, 0.1) is 5.92 Å². The van der Waals surface area contributed by atoms with Crippen LogP contribution >= 0.6 is 0 Å². The van der Waals surface area contributed by atoms with Crippen molar-refractivity contribution in [3.63, 3.8) is 0 Å². The molecule has 1 aromatic carbocycles. The summed E-state index contributed by atoms with van der Waals surface area (Å²) in [5.74, 6) is 1.30. The lowest BCUT2D eigenvalue weighted by molar-refractivity contribution is 0.0690. The van der Waals surface area contributed by atoms with E-state index in [0.29, 0.717) is 18.0 Å². The number of nitrogens with one attached hydrogen (secondary N) is 1. The largest absolute Gasteiger partial charge is 0.370 e. The first-order valence-corrected chi connectivity index (χ1v) is 8.52. The molecule has 1 aromatic heterocycles. The molecule has 24 heavy (non-hydrogen) atoms. The van der Waals surface area contributed by atoms with Gasteiger partial charge >= 0.3 is 0 Å². The molecule has 128 valence electrons. The van der Waals surface area contributed by atoms with Crippen molar-refractivity contribution in [2.45, 2.75) is 40.3 Å². The van der Waals surface area contributed by atoms with Gasteiger partial charge in [-0.2, -0.15) is 0 Å². The van der Waals surface area contributed by atoms with E-state index < -0.39 is 0 Å². The van der Waals surface area contributed by atoms with Crippen molar-refractivity contribution in [3.8, 4) is 0 Å². The first-order valence-electron chi connectivity index (χ1n) is 8.52. The van der Waals surface area contributed by atoms with Gasteiger partial charge < -0.3 is 10.2 Å². The van der Waals surface area contributed by atoms with Crippen molar-refractivity contribution in [1.82, 2.24) is 9.88 Å². The highest BCUT2D eigenvalue weighted by molar-refractivity contribution is 5.95. The topological polar surface area (TPSA) is 45.2 Å². The molecule has 0 saturated heterocycles. The van der Waals surface area contributed by atoms with Gasteiger partial charge in [0.05, 0.1) is 0 Å². The van der Waals surface area contributed by atoms with Gasteiger partial charge in [0.2, 0.25) is 0 Å². The molecule has 0 aliphatic carbocycles. The van der Waals surface area contributed by atoms with Crippen molar-refractivity contribution >= 4 is 11.7 Å². The van der Waals surface area contributed by atoms with Crippen LogP contribution in [-0.4, -0.2) is 28.4 Å². The summed E-state index contributed by atoms with van der Waals surface area (Å²) < 4.78 is 0. The van der Waals surface area contributed by atoms with E-state index >= 15 is 0 Å². The zero-order valence-corrected chi connectivity index (χ0v) is 15.0. The molecule has 0 spiro atoms. The molecule has 1 N–H and O–H groups in total. The molecule has 0 saturated carbocycles. The highest BCUT2D eigenvalue weighted by Gasteiger charge is 2.19. The number of pyridine rings is 1. The van der Waals surface area contributed by atoms with Crippen LogP contribution in [0.5, 0.6) is 0 Å². The van der Waals surface area contributed by atoms with E-state index in [0.717, 1.165) is 17.9 Å². The predicted molar refractivity (Wildman–Crippen MR) is 99.0 cm³/mol. The minimum Gasteiger partial charge on any atom is -0.370 e. The van der Waals surface area contributed by atoms with Gasteiger partial charge in [-0.3, -0.25) is 4.79 Å². The van der Waals surface area contributed by atoms with Gasteiger partial charge in [-0.05, 0) is 37.5 Å². The zero-order valence-electron chi connectivity index (χ0n) is 15.0. The van der Waals surface area contributed by atoms with Gasteiger partial charge in [-0.25, -0.2) is 4.98 Å². The first kappa shape index (κ1) is 18.0. The van der Waals surface area contributed by atoms with Gasteiger partial charge in [-0.1, -0.05) is 44.2 Å². The number of nitrogens with zero attached hydrogens (tertiary/aromatic N) is 2. The molecule has 0 aliphatic rings. The van der Waals surface area contributed by atoms with E-state index in [1.54, 1.807) is 12.3 Å². The summed E-state index contributed by atoms with van der Waals surface area (Å²) in [5, 5.41) is 3.28. The lowest BCUT2D eigenvalue weighted by Gasteiger charge is -2.27. The van der Waals surface area contributed by atoms with Gasteiger partial charge in [0.1, 0.15) is 5.82 Å². The van der Waals surface area contributed by atoms with Crippen LogP contribution in [0.2, 0.25) is 0 Å². The Hall–Kier alpha value is -2.36. The predicted octanol–water partition coefficient (Wildman–Crippen LogP) is 4.20. The molecule has 0 radical (unpaired) electrons. The van der Waals surface area contributed by atoms with Crippen molar-refractivity contribution in [2.75, 3.05) is 11.9 Å². The maximum absolute atomic E-state index is 13.0. The number of carbonyl (C=O) groups is 1. The van der Waals surface area contributed by atoms with Crippen LogP contribution in [0.25, 0.3) is 0 Å². The first-order chi connectivity index (χ1) is 11.5. The van der Waals surface area contributed by atoms with Crippen LogP contribution in [0.1, 0.15) is 43.6 Å². The number of hydrogen-bond acceptors (Lipinski definition) is 3. The Morgan fingerprint density at radius 3 is 2.46 bits per heavy atom. The molecule has 1 heterocycles. The van der Waals surface area contributed by atoms with E-state index in [-0.39, 0.29) is 11.9 Å². The Kier molecular flexibility index (Phi) is 6.36. The Morgan fingerprint density at radius 2 is 1.83 bits per heavy atom. The molecule has 4 nitrogen and oxygen atoms in total. The molecular weight excluding hydrogens is 298 g/mol. The minimum absolute atomic E-state index is 0.0313. The van der Waals surface area contributed by atoms with Crippen LogP contribution in [0.15, 0.2) is 48.7 Å². The van der Waals surface area contributed by atoms with Crippen molar-refractivity contribution in [3.05, 3.63) is 59.8 Å². The number of rotatable bonds is 7. The fourth-order valence-corrected chi connectivity index (χ4v) is 2.40. The normalized spacial score (nSPS) is 10.9. The summed E-state index contributed by atoms with van der Waals surface area (Å²) in [6.07, 6.45) is 1.69. The van der Waals surface area contributed by atoms with E-state index in [9.17, 15) is 4.79 Å². The average molecular weight is 325 g/mol. The second-order valence-electron chi connectivity index (χ2n) is 6.72. The number of aromatic nitrogens is 1. The minimum atomic E-state index is 0.0313. The Labute approximate surface area is 144 Å². The highest BCUT2D eigenvalue weighted by atomic mass is 16.2. The smallest absolute Gasteiger partial charge is 0.254 e. The summed E-state index contributed by atoms with van der Waals surface area (Å²) >= 11 is 0. The van der Waals surface area contributed by atoms with Crippen molar-refractivity contribution in [1.29, 1.82) is 0 Å². The van der Waals surface area contributed by atoms with Gasteiger partial charge in [0.15, 0.2) is 0 Å². The summed E-state index contributed by atoms with van der Waals surface area (Å²) in [5.41, 5.74) is 1.80. The quantitative estimate of drug-likeness (QED) is 0.830. The molecule has 0 unspecified atom stereocenters. The summed E-state index contributed by atoms with van der Waals surface area (Å²) in [7, 11) is 0. The molecule has 0 bridgehead atoms. The molecule has 0 atom stereocenters. The van der Waals surface area contributed by atoms with Gasteiger partial charge in [0, 0.05) is 30.9 Å². The van der Waals surface area contributed by atoms with Crippen molar-refractivity contribution < 1.29 is 4.79 Å². The molecule has 1 amide bonds. The second kappa shape index (κ2) is 8.48. The standard InChI is InChI=1S/C20H27N3O/c1-15(2)13-22-19-12-18(10-11-21-19)20(24)23(16(3)4)14-17-8-6-5-7-9-17/h5-12,15-16H,13-14H2,1-4H3,(H,21,22). The Balaban J connectivity index is 2.16. The third kappa shape index (κ3) is 5.08. The number of anilines is 1. The molecule has 0 aliphatic heterocycles. The number of carbonyl (C=O) groups excluding carboxylic acids is 1. The van der Waals surface area contributed by atoms with E-state index in [1.165, 1.54) is 0 Å². The van der Waals surface area contributed by atoms with Crippen molar-refractivity contribution in [2.24, 2.45) is 5.92 Å². The van der Waals surface area contributed by atoms with Gasteiger partial charge in [-0.15, -0.1) is 0 Å². The van der Waals surface area contributed by atoms with Crippen LogP contribution in [0.4, 0.5) is 5.82 Å². The van der Waals surface area contributed by atoms with E-state index in [4.69, 9.17) is 0 Å². The van der Waals surface area contributed by atoms with Crippen LogP contribution in [-0.2, 0) is 6.54 Å². The maximum Gasteiger partial charge on any atom is 0.254 e. The highest BCUT2D eigenvalue weighted by Crippen LogP contribution is 2.15. The molecule has 2 rings (SSSR count). The van der Waals surface area contributed by atoms with E-state index in [2.05, 4.69) is 24.1 Å². The number of benzene rings is 1. The number of amides is 1. The molecule has 4 heteroatoms. The van der Waals surface area contributed by atoms with E-state index in [1.807, 2.05) is 55.1 Å². The summed E-state index contributed by atoms with van der Waals surface area (Å²) in [6, 6.07) is 13.8. The number of hydrogen-bond donors (Lipinski definition) is 1. The third-order valence-electron chi connectivity index (χ3n) is 3.78. The Morgan fingerprint density at radius 1 is 1.12 bits per heavy atom. The van der Waals surface area contributed by atoms with Crippen LogP contribution in [0.3, 0.4) is 0 Å². The maximum atomic E-state index is 13.0. The average Bonchev–Trinajstić information content (AvgIpc) is 2.58. The molecule has 2 aromatic rings. The Bertz CT molecular complexity index is 653.